The molecule has 1 heterocycles. The Bertz CT molecular complexity index is 225. The summed E-state index contributed by atoms with van der Waals surface area (Å²) in [6.07, 6.45) is 1.10. The number of likely N-dealkylation sites (N-methyl/N-ethyl adjacent to an activating group) is 1. The lowest BCUT2D eigenvalue weighted by atomic mass is 9.85. The minimum atomic E-state index is -0.165. The Morgan fingerprint density at radius 1 is 1.47 bits per heavy atom. The van der Waals surface area contributed by atoms with Gasteiger partial charge in [-0.1, -0.05) is 6.92 Å². The van der Waals surface area contributed by atoms with E-state index in [2.05, 4.69) is 38.0 Å². The molecule has 1 aliphatic heterocycles. The number of hydrogen-bond acceptors (Lipinski definition) is 4. The molecule has 102 valence electrons. The van der Waals surface area contributed by atoms with Crippen molar-refractivity contribution in [3.05, 3.63) is 0 Å². The van der Waals surface area contributed by atoms with E-state index in [-0.39, 0.29) is 17.6 Å². The van der Waals surface area contributed by atoms with Gasteiger partial charge in [-0.15, -0.1) is 0 Å². The third-order valence-electron chi connectivity index (χ3n) is 3.93. The predicted octanol–water partition coefficient (Wildman–Crippen LogP) is 0.705. The van der Waals surface area contributed by atoms with Crippen LogP contribution < -0.4 is 5.32 Å². The summed E-state index contributed by atoms with van der Waals surface area (Å²) in [5.41, 5.74) is 0.0407. The molecule has 0 spiro atoms. The van der Waals surface area contributed by atoms with Gasteiger partial charge in [0.25, 0.3) is 0 Å². The van der Waals surface area contributed by atoms with Gasteiger partial charge in [-0.05, 0) is 33.9 Å². The van der Waals surface area contributed by atoms with Crippen LogP contribution in [0.4, 0.5) is 0 Å². The van der Waals surface area contributed by atoms with Gasteiger partial charge >= 0.3 is 0 Å². The third kappa shape index (κ3) is 3.91. The lowest BCUT2D eigenvalue weighted by Crippen LogP contribution is -2.52. The minimum Gasteiger partial charge on any atom is -0.394 e. The van der Waals surface area contributed by atoms with Gasteiger partial charge in [0, 0.05) is 30.7 Å². The molecule has 1 saturated heterocycles. The largest absolute Gasteiger partial charge is 0.394 e. The summed E-state index contributed by atoms with van der Waals surface area (Å²) in [4.78, 5) is 2.25. The van der Waals surface area contributed by atoms with E-state index in [0.29, 0.717) is 0 Å². The average molecular weight is 244 g/mol. The Labute approximate surface area is 105 Å². The van der Waals surface area contributed by atoms with E-state index in [9.17, 15) is 5.11 Å². The highest BCUT2D eigenvalue weighted by molar-refractivity contribution is 4.91. The molecule has 0 aromatic rings. The summed E-state index contributed by atoms with van der Waals surface area (Å²) >= 11 is 0. The quantitative estimate of drug-likeness (QED) is 0.692. The van der Waals surface area contributed by atoms with E-state index >= 15 is 0 Å². The van der Waals surface area contributed by atoms with Crippen molar-refractivity contribution in [2.45, 2.75) is 32.7 Å². The van der Waals surface area contributed by atoms with Crippen LogP contribution in [0.2, 0.25) is 0 Å². The van der Waals surface area contributed by atoms with Gasteiger partial charge in [-0.3, -0.25) is 4.90 Å². The topological polar surface area (TPSA) is 44.7 Å². The molecule has 1 rings (SSSR count). The maximum Gasteiger partial charge on any atom is 0.0609 e. The Hall–Kier alpha value is -0.160. The van der Waals surface area contributed by atoms with Crippen molar-refractivity contribution in [3.63, 3.8) is 0 Å². The number of ether oxygens (including phenoxy) is 1. The molecule has 0 aromatic carbocycles. The van der Waals surface area contributed by atoms with Gasteiger partial charge in [0.1, 0.15) is 0 Å². The first-order valence-corrected chi connectivity index (χ1v) is 6.56. The summed E-state index contributed by atoms with van der Waals surface area (Å²) in [5.74, 6) is 0. The number of aliphatic hydroxyl groups is 1. The standard InChI is InChI=1S/C13H28N2O2/c1-5-14-8-13(6-7-17-11-13)9-15(4)12(2,3)10-16/h14,16H,5-11H2,1-4H3. The molecule has 0 bridgehead atoms. The second kappa shape index (κ2) is 6.14. The number of hydrogen-bond donors (Lipinski definition) is 2. The van der Waals surface area contributed by atoms with Crippen molar-refractivity contribution in [2.24, 2.45) is 5.41 Å². The van der Waals surface area contributed by atoms with E-state index in [1.807, 2.05) is 0 Å². The van der Waals surface area contributed by atoms with Crippen LogP contribution in [0.1, 0.15) is 27.2 Å². The first kappa shape index (κ1) is 14.9. The maximum absolute atomic E-state index is 9.41. The molecule has 1 fully saturated rings. The van der Waals surface area contributed by atoms with E-state index < -0.39 is 0 Å². The van der Waals surface area contributed by atoms with Gasteiger partial charge < -0.3 is 15.2 Å². The molecule has 1 atom stereocenters. The SMILES string of the molecule is CCNCC1(CN(C)C(C)(C)CO)CCOC1. The highest BCUT2D eigenvalue weighted by atomic mass is 16.5. The number of aliphatic hydroxyl groups excluding tert-OH is 1. The number of nitrogens with zero attached hydrogens (tertiary/aromatic N) is 1. The molecule has 0 aliphatic carbocycles. The molecular weight excluding hydrogens is 216 g/mol. The fourth-order valence-electron chi connectivity index (χ4n) is 2.20. The first-order chi connectivity index (χ1) is 7.96. The predicted molar refractivity (Wildman–Crippen MR) is 70.2 cm³/mol. The Balaban J connectivity index is 2.60. The van der Waals surface area contributed by atoms with Crippen LogP contribution in [-0.2, 0) is 4.74 Å². The lowest BCUT2D eigenvalue weighted by Gasteiger charge is -2.40. The van der Waals surface area contributed by atoms with Crippen molar-refractivity contribution >= 4 is 0 Å². The molecule has 17 heavy (non-hydrogen) atoms. The fourth-order valence-corrected chi connectivity index (χ4v) is 2.20. The van der Waals surface area contributed by atoms with Crippen LogP contribution in [0, 0.1) is 5.41 Å². The van der Waals surface area contributed by atoms with Gasteiger partial charge in [-0.2, -0.15) is 0 Å². The summed E-state index contributed by atoms with van der Waals surface area (Å²) in [6, 6.07) is 0. The van der Waals surface area contributed by atoms with Crippen molar-refractivity contribution in [1.29, 1.82) is 0 Å². The maximum atomic E-state index is 9.41. The summed E-state index contributed by atoms with van der Waals surface area (Å²) in [5, 5.41) is 12.8. The van der Waals surface area contributed by atoms with Gasteiger partial charge in [0.05, 0.1) is 13.2 Å². The zero-order valence-corrected chi connectivity index (χ0v) is 11.8. The second-order valence-electron chi connectivity index (χ2n) is 5.91. The summed E-state index contributed by atoms with van der Waals surface area (Å²) in [6.45, 7) is 11.1. The van der Waals surface area contributed by atoms with Gasteiger partial charge in [0.2, 0.25) is 0 Å². The Morgan fingerprint density at radius 3 is 2.65 bits per heavy atom. The molecule has 0 radical (unpaired) electrons. The van der Waals surface area contributed by atoms with Crippen LogP contribution in [0.3, 0.4) is 0 Å². The van der Waals surface area contributed by atoms with E-state index in [4.69, 9.17) is 4.74 Å². The molecule has 1 unspecified atom stereocenters. The first-order valence-electron chi connectivity index (χ1n) is 6.56. The highest BCUT2D eigenvalue weighted by Crippen LogP contribution is 2.30. The zero-order chi connectivity index (χ0) is 12.9. The molecule has 4 nitrogen and oxygen atoms in total. The zero-order valence-electron chi connectivity index (χ0n) is 11.8. The molecule has 0 amide bonds. The van der Waals surface area contributed by atoms with Crippen LogP contribution in [0.25, 0.3) is 0 Å². The van der Waals surface area contributed by atoms with E-state index in [0.717, 1.165) is 39.3 Å². The Morgan fingerprint density at radius 2 is 2.18 bits per heavy atom. The molecular formula is C13H28N2O2. The van der Waals surface area contributed by atoms with Crippen LogP contribution in [0.15, 0.2) is 0 Å². The van der Waals surface area contributed by atoms with Crippen molar-refractivity contribution < 1.29 is 9.84 Å². The molecule has 0 aromatic heterocycles. The third-order valence-corrected chi connectivity index (χ3v) is 3.93. The molecule has 2 N–H and O–H groups in total. The van der Waals surface area contributed by atoms with Crippen molar-refractivity contribution in [1.82, 2.24) is 10.2 Å². The van der Waals surface area contributed by atoms with Crippen LogP contribution >= 0.6 is 0 Å². The van der Waals surface area contributed by atoms with Crippen LogP contribution in [-0.4, -0.2) is 62.0 Å². The monoisotopic (exact) mass is 244 g/mol. The minimum absolute atomic E-state index is 0.165. The molecule has 1 aliphatic rings. The van der Waals surface area contributed by atoms with E-state index in [1.165, 1.54) is 0 Å². The smallest absolute Gasteiger partial charge is 0.0609 e. The summed E-state index contributed by atoms with van der Waals surface area (Å²) < 4.78 is 5.58. The number of rotatable bonds is 7. The fraction of sp³-hybridized carbons (Fsp3) is 1.00. The summed E-state index contributed by atoms with van der Waals surface area (Å²) in [7, 11) is 2.09. The Kier molecular flexibility index (Phi) is 5.38. The normalized spacial score (nSPS) is 25.8. The second-order valence-corrected chi connectivity index (χ2v) is 5.91. The highest BCUT2D eigenvalue weighted by Gasteiger charge is 2.38. The lowest BCUT2D eigenvalue weighted by molar-refractivity contribution is 0.0347. The van der Waals surface area contributed by atoms with Crippen molar-refractivity contribution in [3.8, 4) is 0 Å². The molecule has 0 saturated carbocycles. The number of nitrogens with one attached hydrogen (secondary N) is 1. The van der Waals surface area contributed by atoms with Gasteiger partial charge in [0.15, 0.2) is 0 Å². The van der Waals surface area contributed by atoms with Crippen molar-refractivity contribution in [2.75, 3.05) is 46.5 Å². The average Bonchev–Trinajstić information content (AvgIpc) is 2.75. The molecule has 4 heteroatoms. The van der Waals surface area contributed by atoms with E-state index in [1.54, 1.807) is 0 Å². The van der Waals surface area contributed by atoms with Gasteiger partial charge in [-0.25, -0.2) is 0 Å². The van der Waals surface area contributed by atoms with Crippen LogP contribution in [0.5, 0.6) is 0 Å².